The van der Waals surface area contributed by atoms with Gasteiger partial charge in [0.1, 0.15) is 5.82 Å². The van der Waals surface area contributed by atoms with Crippen LogP contribution in [0.5, 0.6) is 0 Å². The van der Waals surface area contributed by atoms with E-state index in [1.54, 1.807) is 6.20 Å². The van der Waals surface area contributed by atoms with Crippen molar-refractivity contribution in [3.63, 3.8) is 0 Å². The van der Waals surface area contributed by atoms with Crippen LogP contribution < -0.4 is 5.73 Å². The average Bonchev–Trinajstić information content (AvgIpc) is 3.08. The van der Waals surface area contributed by atoms with Gasteiger partial charge >= 0.3 is 0 Å². The summed E-state index contributed by atoms with van der Waals surface area (Å²) in [5.41, 5.74) is 7.35. The number of likely N-dealkylation sites (tertiary alicyclic amines) is 1. The van der Waals surface area contributed by atoms with E-state index in [9.17, 15) is 4.79 Å². The summed E-state index contributed by atoms with van der Waals surface area (Å²) in [6.07, 6.45) is 6.68. The minimum absolute atomic E-state index is 0. The Hall–Kier alpha value is -1.85. The number of benzene rings is 1. The number of nitrogens with one attached hydrogen (secondary N) is 1. The molecule has 1 amide bonds. The van der Waals surface area contributed by atoms with Gasteiger partial charge in [0.25, 0.3) is 5.91 Å². The first-order valence-electron chi connectivity index (χ1n) is 7.39. The Bertz CT molecular complexity index is 597. The smallest absolute Gasteiger partial charge is 0.254 e. The number of carbonyl (C=O) groups is 1. The largest absolute Gasteiger partial charge is 0.347 e. The molecule has 1 aliphatic rings. The number of rotatable bonds is 3. The van der Waals surface area contributed by atoms with Gasteiger partial charge in [-0.25, -0.2) is 4.98 Å². The third kappa shape index (κ3) is 3.31. The molecular weight excluding hydrogens is 300 g/mol. The van der Waals surface area contributed by atoms with E-state index in [1.165, 1.54) is 0 Å². The Labute approximate surface area is 136 Å². The van der Waals surface area contributed by atoms with Gasteiger partial charge in [-0.15, -0.1) is 12.4 Å². The predicted molar refractivity (Wildman–Crippen MR) is 87.8 cm³/mol. The van der Waals surface area contributed by atoms with Crippen molar-refractivity contribution in [3.05, 3.63) is 53.6 Å². The second kappa shape index (κ2) is 7.42. The average molecular weight is 321 g/mol. The number of aromatic nitrogens is 2. The van der Waals surface area contributed by atoms with Crippen molar-refractivity contribution in [1.29, 1.82) is 0 Å². The van der Waals surface area contributed by atoms with Crippen LogP contribution in [0.3, 0.4) is 0 Å². The summed E-state index contributed by atoms with van der Waals surface area (Å²) in [5.74, 6) is 0.946. The SMILES string of the molecule is Cl.NCc1ccc(C(=O)N2CCCCC2c2ncc[nH]2)cc1. The number of hydrogen-bond acceptors (Lipinski definition) is 3. The highest BCUT2D eigenvalue weighted by Gasteiger charge is 2.30. The van der Waals surface area contributed by atoms with Crippen LogP contribution in [0, 0.1) is 0 Å². The van der Waals surface area contributed by atoms with Gasteiger partial charge in [0, 0.05) is 31.0 Å². The van der Waals surface area contributed by atoms with Crippen LogP contribution in [-0.2, 0) is 6.54 Å². The van der Waals surface area contributed by atoms with Crippen molar-refractivity contribution in [2.75, 3.05) is 6.54 Å². The topological polar surface area (TPSA) is 75.0 Å². The molecule has 1 saturated heterocycles. The standard InChI is InChI=1S/C16H20N4O.ClH/c17-11-12-4-6-13(7-5-12)16(21)20-10-2-1-3-14(20)15-18-8-9-19-15;/h4-9,14H,1-3,10-11,17H2,(H,18,19);1H. The molecule has 2 heterocycles. The second-order valence-corrected chi connectivity index (χ2v) is 5.39. The molecule has 1 atom stereocenters. The molecule has 2 aromatic rings. The van der Waals surface area contributed by atoms with E-state index in [0.29, 0.717) is 12.1 Å². The molecule has 3 N–H and O–H groups in total. The van der Waals surface area contributed by atoms with Crippen molar-refractivity contribution in [3.8, 4) is 0 Å². The molecule has 1 fully saturated rings. The first-order chi connectivity index (χ1) is 10.3. The minimum atomic E-state index is 0. The Balaban J connectivity index is 0.00000176. The summed E-state index contributed by atoms with van der Waals surface area (Å²) in [6, 6.07) is 7.60. The number of amides is 1. The molecule has 0 bridgehead atoms. The molecule has 0 spiro atoms. The zero-order valence-electron chi connectivity index (χ0n) is 12.4. The fourth-order valence-corrected chi connectivity index (χ4v) is 2.87. The minimum Gasteiger partial charge on any atom is -0.347 e. The number of H-pyrrole nitrogens is 1. The molecule has 1 aliphatic heterocycles. The highest BCUT2D eigenvalue weighted by atomic mass is 35.5. The molecule has 0 aliphatic carbocycles. The predicted octanol–water partition coefficient (Wildman–Crippen LogP) is 2.66. The number of piperidine rings is 1. The van der Waals surface area contributed by atoms with E-state index in [2.05, 4.69) is 9.97 Å². The summed E-state index contributed by atoms with van der Waals surface area (Å²) >= 11 is 0. The van der Waals surface area contributed by atoms with E-state index < -0.39 is 0 Å². The summed E-state index contributed by atoms with van der Waals surface area (Å²) in [4.78, 5) is 22.2. The number of nitrogens with zero attached hydrogens (tertiary/aromatic N) is 2. The lowest BCUT2D eigenvalue weighted by Crippen LogP contribution is -2.39. The Morgan fingerprint density at radius 1 is 1.32 bits per heavy atom. The molecule has 6 heteroatoms. The maximum absolute atomic E-state index is 12.8. The number of imidazole rings is 1. The summed E-state index contributed by atoms with van der Waals surface area (Å²) in [7, 11) is 0. The Morgan fingerprint density at radius 3 is 2.73 bits per heavy atom. The first-order valence-corrected chi connectivity index (χ1v) is 7.39. The van der Waals surface area contributed by atoms with Crippen LogP contribution in [0.15, 0.2) is 36.7 Å². The molecule has 1 aromatic heterocycles. The molecule has 0 radical (unpaired) electrons. The van der Waals surface area contributed by atoms with Crippen molar-refractivity contribution >= 4 is 18.3 Å². The van der Waals surface area contributed by atoms with Crippen molar-refractivity contribution in [1.82, 2.24) is 14.9 Å². The normalized spacial score (nSPS) is 17.9. The van der Waals surface area contributed by atoms with E-state index in [-0.39, 0.29) is 24.4 Å². The van der Waals surface area contributed by atoms with Crippen LogP contribution in [0.4, 0.5) is 0 Å². The van der Waals surface area contributed by atoms with Gasteiger partial charge < -0.3 is 15.6 Å². The van der Waals surface area contributed by atoms with Crippen molar-refractivity contribution in [2.24, 2.45) is 5.73 Å². The third-order valence-electron chi connectivity index (χ3n) is 4.04. The summed E-state index contributed by atoms with van der Waals surface area (Å²) in [6.45, 7) is 1.27. The van der Waals surface area contributed by atoms with E-state index in [1.807, 2.05) is 35.4 Å². The summed E-state index contributed by atoms with van der Waals surface area (Å²) in [5, 5.41) is 0. The van der Waals surface area contributed by atoms with Crippen molar-refractivity contribution < 1.29 is 4.79 Å². The number of hydrogen-bond donors (Lipinski definition) is 2. The molecule has 5 nitrogen and oxygen atoms in total. The van der Waals surface area contributed by atoms with Crippen LogP contribution in [-0.4, -0.2) is 27.3 Å². The van der Waals surface area contributed by atoms with Gasteiger partial charge in [0.2, 0.25) is 0 Å². The fourth-order valence-electron chi connectivity index (χ4n) is 2.87. The van der Waals surface area contributed by atoms with Gasteiger partial charge in [-0.2, -0.15) is 0 Å². The molecule has 118 valence electrons. The molecular formula is C16H21ClN4O. The van der Waals surface area contributed by atoms with Gasteiger partial charge in [-0.3, -0.25) is 4.79 Å². The third-order valence-corrected chi connectivity index (χ3v) is 4.04. The van der Waals surface area contributed by atoms with Crippen LogP contribution >= 0.6 is 12.4 Å². The van der Waals surface area contributed by atoms with Crippen LogP contribution in [0.1, 0.15) is 47.1 Å². The van der Waals surface area contributed by atoms with Gasteiger partial charge in [-0.05, 0) is 37.0 Å². The number of halogens is 1. The van der Waals surface area contributed by atoms with Gasteiger partial charge in [0.15, 0.2) is 0 Å². The lowest BCUT2D eigenvalue weighted by Gasteiger charge is -2.34. The van der Waals surface area contributed by atoms with E-state index in [0.717, 1.165) is 37.2 Å². The van der Waals surface area contributed by atoms with Gasteiger partial charge in [-0.1, -0.05) is 12.1 Å². The molecule has 0 saturated carbocycles. The van der Waals surface area contributed by atoms with Crippen LogP contribution in [0.25, 0.3) is 0 Å². The Morgan fingerprint density at radius 2 is 2.09 bits per heavy atom. The Kier molecular flexibility index (Phi) is 5.57. The highest BCUT2D eigenvalue weighted by molar-refractivity contribution is 5.94. The number of carbonyl (C=O) groups excluding carboxylic acids is 1. The summed E-state index contributed by atoms with van der Waals surface area (Å²) < 4.78 is 0. The number of nitrogens with two attached hydrogens (primary N) is 1. The zero-order valence-corrected chi connectivity index (χ0v) is 13.2. The fraction of sp³-hybridized carbons (Fsp3) is 0.375. The van der Waals surface area contributed by atoms with E-state index >= 15 is 0 Å². The quantitative estimate of drug-likeness (QED) is 0.913. The second-order valence-electron chi connectivity index (χ2n) is 5.39. The molecule has 1 unspecified atom stereocenters. The molecule has 22 heavy (non-hydrogen) atoms. The first kappa shape index (κ1) is 16.5. The lowest BCUT2D eigenvalue weighted by atomic mass is 10.00. The van der Waals surface area contributed by atoms with Gasteiger partial charge in [0.05, 0.1) is 6.04 Å². The zero-order chi connectivity index (χ0) is 14.7. The molecule has 3 rings (SSSR count). The van der Waals surface area contributed by atoms with Crippen molar-refractivity contribution in [2.45, 2.75) is 31.8 Å². The highest BCUT2D eigenvalue weighted by Crippen LogP contribution is 2.30. The van der Waals surface area contributed by atoms with Crippen LogP contribution in [0.2, 0.25) is 0 Å². The number of aromatic amines is 1. The monoisotopic (exact) mass is 320 g/mol. The maximum atomic E-state index is 12.8. The lowest BCUT2D eigenvalue weighted by molar-refractivity contribution is 0.0601. The molecule has 1 aromatic carbocycles. The van der Waals surface area contributed by atoms with E-state index in [4.69, 9.17) is 5.73 Å². The maximum Gasteiger partial charge on any atom is 0.254 e.